The Labute approximate surface area is 201 Å². The molecule has 1 fully saturated rings. The van der Waals surface area contributed by atoms with Crippen LogP contribution >= 0.6 is 0 Å². The lowest BCUT2D eigenvalue weighted by Crippen LogP contribution is -2.43. The van der Waals surface area contributed by atoms with Crippen LogP contribution < -0.4 is 16.8 Å². The molecule has 0 radical (unpaired) electrons. The summed E-state index contributed by atoms with van der Waals surface area (Å²) >= 11 is 0. The number of Topliss-reactive ketones (excluding diaryl/α,β-unsaturated/α-hetero) is 1. The van der Waals surface area contributed by atoms with Crippen LogP contribution in [0.15, 0.2) is 60.8 Å². The van der Waals surface area contributed by atoms with E-state index in [0.717, 1.165) is 0 Å². The minimum Gasteiger partial charge on any atom is -0.469 e. The van der Waals surface area contributed by atoms with E-state index >= 15 is 0 Å². The fourth-order valence-electron chi connectivity index (χ4n) is 4.55. The summed E-state index contributed by atoms with van der Waals surface area (Å²) in [4.78, 5) is 52.2. The number of anilines is 1. The molecular formula is C25H27N5O5. The van der Waals surface area contributed by atoms with Crippen LogP contribution in [-0.4, -0.2) is 59.0 Å². The molecule has 10 heteroatoms. The molecule has 1 aliphatic rings. The van der Waals surface area contributed by atoms with Crippen molar-refractivity contribution in [2.24, 2.45) is 11.5 Å². The topological polar surface area (TPSA) is 150 Å². The minimum atomic E-state index is -0.801. The van der Waals surface area contributed by atoms with Crippen molar-refractivity contribution in [1.82, 2.24) is 9.47 Å². The van der Waals surface area contributed by atoms with Crippen LogP contribution in [0.4, 0.5) is 15.3 Å². The lowest BCUT2D eigenvalue weighted by Gasteiger charge is -2.25. The number of likely N-dealkylation sites (tertiary alicyclic amines) is 1. The van der Waals surface area contributed by atoms with Gasteiger partial charge in [0.15, 0.2) is 5.78 Å². The second-order valence-corrected chi connectivity index (χ2v) is 8.52. The number of nitrogens with one attached hydrogen (secondary N) is 1. The fraction of sp³-hybridized carbons (Fsp3) is 0.280. The van der Waals surface area contributed by atoms with Crippen molar-refractivity contribution in [3.05, 3.63) is 66.4 Å². The van der Waals surface area contributed by atoms with Gasteiger partial charge in [-0.1, -0.05) is 48.5 Å². The third-order valence-electron chi connectivity index (χ3n) is 6.25. The predicted molar refractivity (Wildman–Crippen MR) is 130 cm³/mol. The number of rotatable bonds is 6. The number of nitrogens with zero attached hydrogens (tertiary/aromatic N) is 2. The molecule has 2 aromatic carbocycles. The average molecular weight is 478 g/mol. The monoisotopic (exact) mass is 477 g/mol. The zero-order chi connectivity index (χ0) is 25.1. The van der Waals surface area contributed by atoms with Crippen molar-refractivity contribution in [3.63, 3.8) is 0 Å². The van der Waals surface area contributed by atoms with Gasteiger partial charge >= 0.3 is 18.0 Å². The lowest BCUT2D eigenvalue weighted by molar-refractivity contribution is -0.144. The van der Waals surface area contributed by atoms with E-state index < -0.39 is 36.0 Å². The SMILES string of the molecule is COC(=O)[C@@H](CC(=O)[C@@H]1C[C@H](N)CN1C(=O)Nc1cn(C(N)=O)c2ccccc12)c1ccccc1. The first kappa shape index (κ1) is 24.0. The molecule has 1 saturated heterocycles. The molecule has 4 rings (SSSR count). The van der Waals surface area contributed by atoms with Gasteiger partial charge in [-0.2, -0.15) is 0 Å². The number of primary amides is 1. The van der Waals surface area contributed by atoms with E-state index in [0.29, 0.717) is 22.2 Å². The van der Waals surface area contributed by atoms with Crippen molar-refractivity contribution in [2.45, 2.75) is 30.8 Å². The van der Waals surface area contributed by atoms with E-state index in [1.54, 1.807) is 48.5 Å². The maximum Gasteiger partial charge on any atom is 0.323 e. The highest BCUT2D eigenvalue weighted by atomic mass is 16.5. The van der Waals surface area contributed by atoms with Gasteiger partial charge in [0.25, 0.3) is 0 Å². The maximum absolute atomic E-state index is 13.3. The first-order chi connectivity index (χ1) is 16.8. The quantitative estimate of drug-likeness (QED) is 0.464. The largest absolute Gasteiger partial charge is 0.469 e. The number of amides is 3. The highest BCUT2D eigenvalue weighted by Crippen LogP contribution is 2.29. The van der Waals surface area contributed by atoms with Crippen LogP contribution in [0.2, 0.25) is 0 Å². The number of hydrogen-bond donors (Lipinski definition) is 3. The highest BCUT2D eigenvalue weighted by Gasteiger charge is 2.40. The van der Waals surface area contributed by atoms with Crippen molar-refractivity contribution >= 4 is 40.4 Å². The second-order valence-electron chi connectivity index (χ2n) is 8.52. The van der Waals surface area contributed by atoms with Gasteiger partial charge in [0.05, 0.1) is 30.3 Å². The van der Waals surface area contributed by atoms with E-state index in [-0.39, 0.29) is 25.2 Å². The molecule has 10 nitrogen and oxygen atoms in total. The number of hydrogen-bond acceptors (Lipinski definition) is 6. The molecule has 0 saturated carbocycles. The van der Waals surface area contributed by atoms with Gasteiger partial charge in [-0.25, -0.2) is 9.59 Å². The number of carbonyl (C=O) groups is 4. The van der Waals surface area contributed by atoms with Crippen molar-refractivity contribution in [3.8, 4) is 0 Å². The number of urea groups is 1. The Kier molecular flexibility index (Phi) is 6.83. The van der Waals surface area contributed by atoms with Gasteiger partial charge in [-0.05, 0) is 18.1 Å². The van der Waals surface area contributed by atoms with Crippen molar-refractivity contribution in [2.75, 3.05) is 19.0 Å². The molecule has 0 spiro atoms. The fourth-order valence-corrected chi connectivity index (χ4v) is 4.55. The number of esters is 1. The summed E-state index contributed by atoms with van der Waals surface area (Å²) in [7, 11) is 1.27. The minimum absolute atomic E-state index is 0.126. The zero-order valence-electron chi connectivity index (χ0n) is 19.2. The number of ether oxygens (including phenoxy) is 1. The molecule has 2 heterocycles. The standard InChI is InChI=1S/C25H27N5O5/c1-35-23(32)18(15-7-3-2-4-8-15)12-22(31)21-11-16(26)13-30(21)25(34)28-19-14-29(24(27)33)20-10-6-5-9-17(19)20/h2-10,14,16,18,21H,11-13,26H2,1H3,(H2,27,33)(H,28,34)/t16-,18-,21-/m0/s1. The molecule has 0 bridgehead atoms. The van der Waals surface area contributed by atoms with Gasteiger partial charge in [0.1, 0.15) is 0 Å². The number of methoxy groups -OCH3 is 1. The molecule has 35 heavy (non-hydrogen) atoms. The molecule has 5 N–H and O–H groups in total. The smallest absolute Gasteiger partial charge is 0.323 e. The Balaban J connectivity index is 1.56. The van der Waals surface area contributed by atoms with Gasteiger partial charge in [-0.3, -0.25) is 14.2 Å². The summed E-state index contributed by atoms with van der Waals surface area (Å²) in [5.74, 6) is -1.60. The molecular weight excluding hydrogens is 450 g/mol. The Hall–Kier alpha value is -4.18. The summed E-state index contributed by atoms with van der Waals surface area (Å²) in [6.07, 6.45) is 1.59. The van der Waals surface area contributed by atoms with Crippen molar-refractivity contribution < 1.29 is 23.9 Å². The highest BCUT2D eigenvalue weighted by molar-refractivity contribution is 6.05. The molecule has 0 aliphatic carbocycles. The summed E-state index contributed by atoms with van der Waals surface area (Å²) < 4.78 is 6.16. The molecule has 3 atom stereocenters. The first-order valence-corrected chi connectivity index (χ1v) is 11.2. The number of nitrogens with two attached hydrogens (primary N) is 2. The third-order valence-corrected chi connectivity index (χ3v) is 6.25. The number of carbonyl (C=O) groups excluding carboxylic acids is 4. The Bertz CT molecular complexity index is 1270. The normalized spacial score (nSPS) is 18.3. The van der Waals surface area contributed by atoms with E-state index in [1.165, 1.54) is 22.8 Å². The van der Waals surface area contributed by atoms with Crippen LogP contribution in [-0.2, 0) is 14.3 Å². The Morgan fingerprint density at radius 1 is 1.09 bits per heavy atom. The maximum atomic E-state index is 13.3. The van der Waals surface area contributed by atoms with Crippen LogP contribution in [0.3, 0.4) is 0 Å². The molecule has 1 aliphatic heterocycles. The molecule has 1 aromatic heterocycles. The number of para-hydroxylation sites is 1. The molecule has 3 aromatic rings. The molecule has 182 valence electrons. The van der Waals surface area contributed by atoms with Crippen LogP contribution in [0.5, 0.6) is 0 Å². The van der Waals surface area contributed by atoms with E-state index in [4.69, 9.17) is 16.2 Å². The second kappa shape index (κ2) is 9.98. The average Bonchev–Trinajstić information content (AvgIpc) is 3.43. The van der Waals surface area contributed by atoms with E-state index in [2.05, 4.69) is 5.32 Å². The summed E-state index contributed by atoms with van der Waals surface area (Å²) in [6, 6.07) is 13.5. The number of aromatic nitrogens is 1. The van der Waals surface area contributed by atoms with Crippen LogP contribution in [0.1, 0.15) is 24.3 Å². The summed E-state index contributed by atoms with van der Waals surface area (Å²) in [6.45, 7) is 0.172. The third kappa shape index (κ3) is 4.87. The molecule has 0 unspecified atom stereocenters. The Morgan fingerprint density at radius 2 is 1.77 bits per heavy atom. The number of ketones is 1. The Morgan fingerprint density at radius 3 is 2.46 bits per heavy atom. The van der Waals surface area contributed by atoms with Crippen LogP contribution in [0.25, 0.3) is 10.9 Å². The van der Waals surface area contributed by atoms with Gasteiger partial charge in [0, 0.05) is 30.6 Å². The van der Waals surface area contributed by atoms with E-state index in [1.807, 2.05) is 6.07 Å². The summed E-state index contributed by atoms with van der Waals surface area (Å²) in [5, 5.41) is 3.41. The van der Waals surface area contributed by atoms with Gasteiger partial charge in [0.2, 0.25) is 0 Å². The predicted octanol–water partition coefficient (Wildman–Crippen LogP) is 2.42. The summed E-state index contributed by atoms with van der Waals surface area (Å²) in [5.41, 5.74) is 13.2. The number of benzene rings is 2. The molecule has 3 amide bonds. The zero-order valence-corrected chi connectivity index (χ0v) is 19.2. The van der Waals surface area contributed by atoms with Gasteiger partial charge < -0.3 is 26.4 Å². The van der Waals surface area contributed by atoms with Crippen molar-refractivity contribution in [1.29, 1.82) is 0 Å². The van der Waals surface area contributed by atoms with Gasteiger partial charge in [-0.15, -0.1) is 0 Å². The van der Waals surface area contributed by atoms with E-state index in [9.17, 15) is 19.2 Å². The lowest BCUT2D eigenvalue weighted by atomic mass is 9.91. The number of fused-ring (bicyclic) bond motifs is 1. The van der Waals surface area contributed by atoms with Crippen LogP contribution in [0, 0.1) is 0 Å². The first-order valence-electron chi connectivity index (χ1n) is 11.2.